The molecule has 0 heterocycles. The van der Waals surface area contributed by atoms with E-state index in [0.717, 1.165) is 0 Å². The highest BCUT2D eigenvalue weighted by molar-refractivity contribution is 5.84. The lowest BCUT2D eigenvalue weighted by atomic mass is 10.2. The highest BCUT2D eigenvalue weighted by Crippen LogP contribution is 2.21. The minimum absolute atomic E-state index is 0.151. The van der Waals surface area contributed by atoms with Crippen molar-refractivity contribution in [2.45, 2.75) is 0 Å². The first-order chi connectivity index (χ1) is 14.6. The van der Waals surface area contributed by atoms with Crippen molar-refractivity contribution in [1.29, 1.82) is 0 Å². The van der Waals surface area contributed by atoms with Crippen molar-refractivity contribution >= 4 is 12.4 Å². The number of nitrogens with zero attached hydrogens (tertiary/aromatic N) is 2. The van der Waals surface area contributed by atoms with Gasteiger partial charge in [0.05, 0.1) is 53.7 Å². The Balaban J connectivity index is 1.53. The van der Waals surface area contributed by atoms with E-state index < -0.39 is 0 Å². The summed E-state index contributed by atoms with van der Waals surface area (Å²) in [6.07, 6.45) is 3.19. The molecule has 2 N–H and O–H groups in total. The van der Waals surface area contributed by atoms with E-state index in [-0.39, 0.29) is 11.5 Å². The predicted octanol–water partition coefficient (Wildman–Crippen LogP) is 2.69. The molecule has 0 radical (unpaired) electrons. The third-order valence-corrected chi connectivity index (χ3v) is 4.03. The van der Waals surface area contributed by atoms with E-state index >= 15 is 0 Å². The van der Waals surface area contributed by atoms with Crippen LogP contribution in [0.5, 0.6) is 23.0 Å². The quantitative estimate of drug-likeness (QED) is 0.385. The van der Waals surface area contributed by atoms with Crippen LogP contribution in [0.25, 0.3) is 0 Å². The van der Waals surface area contributed by atoms with Gasteiger partial charge in [-0.15, -0.1) is 0 Å². The average molecular weight is 416 g/mol. The Labute approximate surface area is 176 Å². The van der Waals surface area contributed by atoms with E-state index in [1.165, 1.54) is 0 Å². The highest BCUT2D eigenvalue weighted by atomic mass is 16.5. The molecule has 0 atom stereocenters. The fourth-order valence-electron chi connectivity index (χ4n) is 2.41. The average Bonchev–Trinajstić information content (AvgIpc) is 2.76. The fraction of sp³-hybridized carbons (Fsp3) is 0.364. The number of hydrogen-bond donors (Lipinski definition) is 2. The van der Waals surface area contributed by atoms with Crippen LogP contribution in [-0.2, 0) is 9.47 Å². The molecule has 2 aromatic carbocycles. The van der Waals surface area contributed by atoms with Gasteiger partial charge in [0.25, 0.3) is 0 Å². The minimum atomic E-state index is 0.151. The first-order valence-corrected chi connectivity index (χ1v) is 9.53. The molecule has 30 heavy (non-hydrogen) atoms. The van der Waals surface area contributed by atoms with Gasteiger partial charge < -0.3 is 29.2 Å². The van der Waals surface area contributed by atoms with Crippen LogP contribution in [0.4, 0.5) is 0 Å². The number of hydrogen-bond acceptors (Lipinski definition) is 8. The number of aliphatic imine (C=N–C) groups is 2. The van der Waals surface area contributed by atoms with Crippen molar-refractivity contribution in [1.82, 2.24) is 0 Å². The van der Waals surface area contributed by atoms with E-state index in [0.29, 0.717) is 62.1 Å². The Bertz CT molecular complexity index is 769. The summed E-state index contributed by atoms with van der Waals surface area (Å²) in [5, 5.41) is 19.5. The molecular formula is C22H28N2O6. The summed E-state index contributed by atoms with van der Waals surface area (Å²) in [5.74, 6) is 1.62. The summed E-state index contributed by atoms with van der Waals surface area (Å²) in [7, 11) is 3.14. The molecule has 0 fully saturated rings. The van der Waals surface area contributed by atoms with Crippen LogP contribution in [-0.4, -0.2) is 76.4 Å². The fourth-order valence-corrected chi connectivity index (χ4v) is 2.41. The number of ether oxygens (including phenoxy) is 4. The molecule has 8 heteroatoms. The molecule has 0 unspecified atom stereocenters. The summed E-state index contributed by atoms with van der Waals surface area (Å²) >= 11 is 0. The third kappa shape index (κ3) is 8.10. The van der Waals surface area contributed by atoms with Crippen molar-refractivity contribution in [2.24, 2.45) is 9.98 Å². The number of benzene rings is 2. The summed E-state index contributed by atoms with van der Waals surface area (Å²) in [6.45, 7) is 2.78. The molecule has 8 nitrogen and oxygen atoms in total. The lowest BCUT2D eigenvalue weighted by Crippen LogP contribution is -2.08. The van der Waals surface area contributed by atoms with Crippen LogP contribution in [0.15, 0.2) is 46.4 Å². The summed E-state index contributed by atoms with van der Waals surface area (Å²) < 4.78 is 21.1. The van der Waals surface area contributed by atoms with Gasteiger partial charge in [0, 0.05) is 23.6 Å². The second kappa shape index (κ2) is 13.2. The smallest absolute Gasteiger partial charge is 0.124 e. The third-order valence-electron chi connectivity index (χ3n) is 4.03. The zero-order valence-electron chi connectivity index (χ0n) is 17.3. The topological polar surface area (TPSA) is 102 Å². The molecule has 162 valence electrons. The molecule has 0 aliphatic heterocycles. The largest absolute Gasteiger partial charge is 0.507 e. The van der Waals surface area contributed by atoms with Crippen LogP contribution in [0.3, 0.4) is 0 Å². The van der Waals surface area contributed by atoms with Gasteiger partial charge in [0.1, 0.15) is 23.0 Å². The van der Waals surface area contributed by atoms with Gasteiger partial charge in [0.15, 0.2) is 0 Å². The molecule has 0 spiro atoms. The Morgan fingerprint density at radius 3 is 1.53 bits per heavy atom. The van der Waals surface area contributed by atoms with Gasteiger partial charge in [-0.05, 0) is 36.4 Å². The Morgan fingerprint density at radius 2 is 1.13 bits per heavy atom. The molecule has 0 aromatic heterocycles. The van der Waals surface area contributed by atoms with Gasteiger partial charge in [-0.25, -0.2) is 0 Å². The zero-order chi connectivity index (χ0) is 21.6. The second-order valence-electron chi connectivity index (χ2n) is 6.14. The van der Waals surface area contributed by atoms with E-state index in [4.69, 9.17) is 18.9 Å². The Kier molecular flexibility index (Phi) is 10.2. The van der Waals surface area contributed by atoms with Crippen LogP contribution >= 0.6 is 0 Å². The van der Waals surface area contributed by atoms with E-state index in [1.54, 1.807) is 63.0 Å². The van der Waals surface area contributed by atoms with Crippen LogP contribution in [0.1, 0.15) is 11.1 Å². The molecule has 0 saturated heterocycles. The number of aromatic hydroxyl groups is 2. The predicted molar refractivity (Wildman–Crippen MR) is 116 cm³/mol. The summed E-state index contributed by atoms with van der Waals surface area (Å²) in [4.78, 5) is 8.46. The maximum absolute atomic E-state index is 9.77. The molecule has 0 aliphatic rings. The normalized spacial score (nSPS) is 11.4. The molecule has 2 aromatic rings. The van der Waals surface area contributed by atoms with Gasteiger partial charge in [-0.2, -0.15) is 0 Å². The molecule has 0 bridgehead atoms. The molecule has 0 aliphatic carbocycles. The first kappa shape index (κ1) is 23.2. The van der Waals surface area contributed by atoms with Gasteiger partial charge in [-0.1, -0.05) is 0 Å². The van der Waals surface area contributed by atoms with Crippen molar-refractivity contribution in [3.63, 3.8) is 0 Å². The van der Waals surface area contributed by atoms with Crippen LogP contribution < -0.4 is 9.47 Å². The zero-order valence-corrected chi connectivity index (χ0v) is 17.3. The SMILES string of the molecule is COc1ccc(O)c(C=NCCOCCOCCN=Cc2cc(OC)ccc2O)c1. The van der Waals surface area contributed by atoms with Gasteiger partial charge in [-0.3, -0.25) is 9.98 Å². The van der Waals surface area contributed by atoms with Crippen molar-refractivity contribution < 1.29 is 29.2 Å². The van der Waals surface area contributed by atoms with Crippen molar-refractivity contribution in [3.8, 4) is 23.0 Å². The Morgan fingerprint density at radius 1 is 0.700 bits per heavy atom. The Hall–Kier alpha value is -3.10. The molecule has 2 rings (SSSR count). The maximum Gasteiger partial charge on any atom is 0.124 e. The van der Waals surface area contributed by atoms with Crippen molar-refractivity contribution in [3.05, 3.63) is 47.5 Å². The molecule has 0 amide bonds. The number of rotatable bonds is 13. The van der Waals surface area contributed by atoms with E-state index in [9.17, 15) is 10.2 Å². The monoisotopic (exact) mass is 416 g/mol. The summed E-state index contributed by atoms with van der Waals surface area (Å²) in [5.41, 5.74) is 1.20. The van der Waals surface area contributed by atoms with Gasteiger partial charge in [0.2, 0.25) is 0 Å². The maximum atomic E-state index is 9.77. The number of methoxy groups -OCH3 is 2. The lowest BCUT2D eigenvalue weighted by Gasteiger charge is -2.05. The molecule has 0 saturated carbocycles. The van der Waals surface area contributed by atoms with Gasteiger partial charge >= 0.3 is 0 Å². The molecular weight excluding hydrogens is 388 g/mol. The van der Waals surface area contributed by atoms with E-state index in [2.05, 4.69) is 9.98 Å². The van der Waals surface area contributed by atoms with Crippen molar-refractivity contribution in [2.75, 3.05) is 53.7 Å². The number of phenols is 2. The highest BCUT2D eigenvalue weighted by Gasteiger charge is 2.01. The first-order valence-electron chi connectivity index (χ1n) is 9.53. The van der Waals surface area contributed by atoms with Crippen LogP contribution in [0, 0.1) is 0 Å². The summed E-state index contributed by atoms with van der Waals surface area (Å²) in [6, 6.07) is 9.93. The minimum Gasteiger partial charge on any atom is -0.507 e. The standard InChI is InChI=1S/C22H28N2O6/c1-27-19-3-5-21(25)17(13-19)15-23-7-9-29-11-12-30-10-8-24-16-18-14-20(28-2)4-6-22(18)26/h3-6,13-16,25-26H,7-12H2,1-2H3. The van der Waals surface area contributed by atoms with E-state index in [1.807, 2.05) is 0 Å². The van der Waals surface area contributed by atoms with Crippen LogP contribution in [0.2, 0.25) is 0 Å². The lowest BCUT2D eigenvalue weighted by molar-refractivity contribution is 0.0541. The number of phenolic OH excluding ortho intramolecular Hbond substituents is 2. The second-order valence-corrected chi connectivity index (χ2v) is 6.14.